The van der Waals surface area contributed by atoms with Gasteiger partial charge in [0.1, 0.15) is 5.75 Å². The summed E-state index contributed by atoms with van der Waals surface area (Å²) < 4.78 is 0.993. The van der Waals surface area contributed by atoms with Crippen LogP contribution in [0.4, 0.5) is 0 Å². The van der Waals surface area contributed by atoms with Gasteiger partial charge in [-0.3, -0.25) is 9.78 Å². The number of nitrogens with one attached hydrogen (secondary N) is 1. The second-order valence-corrected chi connectivity index (χ2v) is 5.09. The van der Waals surface area contributed by atoms with Gasteiger partial charge >= 0.3 is 0 Å². The highest BCUT2D eigenvalue weighted by molar-refractivity contribution is 9.10. The summed E-state index contributed by atoms with van der Waals surface area (Å²) in [4.78, 5) is 15.8. The molecule has 4 nitrogen and oxygen atoms in total. The molecule has 1 amide bonds. The minimum absolute atomic E-state index is 0.0241. The summed E-state index contributed by atoms with van der Waals surface area (Å²) in [6, 6.07) is 8.99. The standard InChI is InChI=1S/C14H13BrN2O2/c1-9(10-2-4-12(15)5-3-10)17-14(19)11-6-13(18)8-16-7-11/h2-9,18H,1H3,(H,17,19)/t9-/m1/s1. The molecular formula is C14H13BrN2O2. The largest absolute Gasteiger partial charge is 0.506 e. The minimum Gasteiger partial charge on any atom is -0.506 e. The van der Waals surface area contributed by atoms with Crippen molar-refractivity contribution in [2.24, 2.45) is 0 Å². The highest BCUT2D eigenvalue weighted by atomic mass is 79.9. The van der Waals surface area contributed by atoms with Gasteiger partial charge in [-0.2, -0.15) is 0 Å². The summed E-state index contributed by atoms with van der Waals surface area (Å²) in [5.41, 5.74) is 1.34. The Morgan fingerprint density at radius 2 is 2.00 bits per heavy atom. The first-order chi connectivity index (χ1) is 9.06. The summed E-state index contributed by atoms with van der Waals surface area (Å²) in [7, 11) is 0. The van der Waals surface area contributed by atoms with E-state index in [0.717, 1.165) is 10.0 Å². The number of aromatic hydroxyl groups is 1. The number of aromatic nitrogens is 1. The lowest BCUT2D eigenvalue weighted by atomic mass is 10.1. The predicted molar refractivity (Wildman–Crippen MR) is 75.9 cm³/mol. The van der Waals surface area contributed by atoms with Crippen LogP contribution in [0, 0.1) is 0 Å². The number of nitrogens with zero attached hydrogens (tertiary/aromatic N) is 1. The van der Waals surface area contributed by atoms with Crippen LogP contribution in [0.5, 0.6) is 5.75 Å². The monoisotopic (exact) mass is 320 g/mol. The average molecular weight is 321 g/mol. The second-order valence-electron chi connectivity index (χ2n) is 4.18. The van der Waals surface area contributed by atoms with Crippen molar-refractivity contribution in [3.8, 4) is 5.75 Å². The van der Waals surface area contributed by atoms with Gasteiger partial charge in [0.15, 0.2) is 0 Å². The summed E-state index contributed by atoms with van der Waals surface area (Å²) in [6.07, 6.45) is 2.71. The van der Waals surface area contributed by atoms with E-state index in [2.05, 4.69) is 26.2 Å². The predicted octanol–water partition coefficient (Wildman–Crippen LogP) is 3.04. The zero-order chi connectivity index (χ0) is 13.8. The Kier molecular flexibility index (Phi) is 4.16. The van der Waals surface area contributed by atoms with Crippen LogP contribution in [0.25, 0.3) is 0 Å². The number of hydrogen-bond acceptors (Lipinski definition) is 3. The second kappa shape index (κ2) is 5.84. The van der Waals surface area contributed by atoms with Gasteiger partial charge in [-0.25, -0.2) is 0 Å². The molecule has 5 heteroatoms. The Morgan fingerprint density at radius 3 is 2.63 bits per heavy atom. The molecule has 0 radical (unpaired) electrons. The maximum atomic E-state index is 12.0. The SMILES string of the molecule is C[C@@H](NC(=O)c1cncc(O)c1)c1ccc(Br)cc1. The number of amides is 1. The Balaban J connectivity index is 2.08. The fraction of sp³-hybridized carbons (Fsp3) is 0.143. The van der Waals surface area contributed by atoms with Crippen molar-refractivity contribution in [2.75, 3.05) is 0 Å². The van der Waals surface area contributed by atoms with E-state index in [9.17, 15) is 9.90 Å². The van der Waals surface area contributed by atoms with Crippen LogP contribution in [0.3, 0.4) is 0 Å². The maximum absolute atomic E-state index is 12.0. The number of hydrogen-bond donors (Lipinski definition) is 2. The van der Waals surface area contributed by atoms with Crippen LogP contribution < -0.4 is 5.32 Å². The van der Waals surface area contributed by atoms with E-state index in [4.69, 9.17) is 0 Å². The first-order valence-corrected chi connectivity index (χ1v) is 6.56. The zero-order valence-electron chi connectivity index (χ0n) is 10.3. The van der Waals surface area contributed by atoms with Crippen molar-refractivity contribution in [3.05, 3.63) is 58.3 Å². The van der Waals surface area contributed by atoms with Gasteiger partial charge in [-0.1, -0.05) is 28.1 Å². The molecule has 0 aliphatic carbocycles. The molecule has 2 aromatic rings. The number of rotatable bonds is 3. The Bertz CT molecular complexity index is 584. The molecule has 1 heterocycles. The van der Waals surface area contributed by atoms with Crippen LogP contribution in [0.15, 0.2) is 47.2 Å². The zero-order valence-corrected chi connectivity index (χ0v) is 11.9. The molecule has 1 aromatic carbocycles. The van der Waals surface area contributed by atoms with Gasteiger partial charge in [0, 0.05) is 10.7 Å². The first-order valence-electron chi connectivity index (χ1n) is 5.76. The summed E-state index contributed by atoms with van der Waals surface area (Å²) >= 11 is 3.37. The van der Waals surface area contributed by atoms with Crippen molar-refractivity contribution in [1.29, 1.82) is 0 Å². The van der Waals surface area contributed by atoms with Crippen LogP contribution in [0.1, 0.15) is 28.9 Å². The van der Waals surface area contributed by atoms with Crippen LogP contribution >= 0.6 is 15.9 Å². The normalized spacial score (nSPS) is 11.9. The lowest BCUT2D eigenvalue weighted by molar-refractivity contribution is 0.0939. The molecule has 0 spiro atoms. The fourth-order valence-electron chi connectivity index (χ4n) is 1.67. The summed E-state index contributed by atoms with van der Waals surface area (Å²) in [5.74, 6) is -0.289. The van der Waals surface area contributed by atoms with Crippen molar-refractivity contribution < 1.29 is 9.90 Å². The van der Waals surface area contributed by atoms with Crippen LogP contribution in [-0.4, -0.2) is 16.0 Å². The van der Waals surface area contributed by atoms with Crippen LogP contribution in [-0.2, 0) is 0 Å². The maximum Gasteiger partial charge on any atom is 0.253 e. The third-order valence-electron chi connectivity index (χ3n) is 2.70. The molecule has 98 valence electrons. The quantitative estimate of drug-likeness (QED) is 0.913. The first kappa shape index (κ1) is 13.5. The topological polar surface area (TPSA) is 62.2 Å². The average Bonchev–Trinajstić information content (AvgIpc) is 2.39. The van der Waals surface area contributed by atoms with E-state index >= 15 is 0 Å². The smallest absolute Gasteiger partial charge is 0.253 e. The minimum atomic E-state index is -0.265. The van der Waals surface area contributed by atoms with Gasteiger partial charge in [-0.05, 0) is 30.7 Å². The molecule has 0 bridgehead atoms. The molecular weight excluding hydrogens is 308 g/mol. The summed E-state index contributed by atoms with van der Waals surface area (Å²) in [6.45, 7) is 1.90. The molecule has 0 saturated carbocycles. The van der Waals surface area contributed by atoms with Crippen LogP contribution in [0.2, 0.25) is 0 Å². The lowest BCUT2D eigenvalue weighted by Crippen LogP contribution is -2.26. The number of benzene rings is 1. The van der Waals surface area contributed by atoms with E-state index in [-0.39, 0.29) is 17.7 Å². The molecule has 1 atom stereocenters. The molecule has 2 N–H and O–H groups in total. The van der Waals surface area contributed by atoms with E-state index in [1.165, 1.54) is 18.5 Å². The van der Waals surface area contributed by atoms with Crippen molar-refractivity contribution >= 4 is 21.8 Å². The van der Waals surface area contributed by atoms with E-state index < -0.39 is 0 Å². The van der Waals surface area contributed by atoms with Crippen molar-refractivity contribution in [1.82, 2.24) is 10.3 Å². The van der Waals surface area contributed by atoms with Gasteiger partial charge in [0.25, 0.3) is 5.91 Å². The van der Waals surface area contributed by atoms with Crippen molar-refractivity contribution in [3.63, 3.8) is 0 Å². The number of pyridine rings is 1. The van der Waals surface area contributed by atoms with Gasteiger partial charge < -0.3 is 10.4 Å². The number of carbonyl (C=O) groups is 1. The Morgan fingerprint density at radius 1 is 1.32 bits per heavy atom. The van der Waals surface area contributed by atoms with E-state index in [1.807, 2.05) is 31.2 Å². The highest BCUT2D eigenvalue weighted by Gasteiger charge is 2.12. The van der Waals surface area contributed by atoms with Gasteiger partial charge in [-0.15, -0.1) is 0 Å². The molecule has 0 aliphatic rings. The Labute approximate surface area is 119 Å². The number of halogens is 1. The highest BCUT2D eigenvalue weighted by Crippen LogP contribution is 2.17. The summed E-state index contributed by atoms with van der Waals surface area (Å²) in [5, 5.41) is 12.1. The molecule has 1 aromatic heterocycles. The van der Waals surface area contributed by atoms with Gasteiger partial charge in [0.05, 0.1) is 17.8 Å². The molecule has 19 heavy (non-hydrogen) atoms. The Hall–Kier alpha value is -1.88. The molecule has 2 rings (SSSR count). The molecule has 0 saturated heterocycles. The third kappa shape index (κ3) is 3.54. The van der Waals surface area contributed by atoms with E-state index in [0.29, 0.717) is 5.56 Å². The number of carbonyl (C=O) groups excluding carboxylic acids is 1. The lowest BCUT2D eigenvalue weighted by Gasteiger charge is -2.14. The van der Waals surface area contributed by atoms with E-state index in [1.54, 1.807) is 0 Å². The molecule has 0 unspecified atom stereocenters. The fourth-order valence-corrected chi connectivity index (χ4v) is 1.93. The molecule has 0 fully saturated rings. The van der Waals surface area contributed by atoms with Crippen molar-refractivity contribution in [2.45, 2.75) is 13.0 Å². The molecule has 0 aliphatic heterocycles. The third-order valence-corrected chi connectivity index (χ3v) is 3.23. The van der Waals surface area contributed by atoms with Gasteiger partial charge in [0.2, 0.25) is 0 Å².